The molecule has 0 amide bonds. The first-order valence-corrected chi connectivity index (χ1v) is 9.36. The van der Waals surface area contributed by atoms with E-state index in [0.29, 0.717) is 0 Å². The van der Waals surface area contributed by atoms with E-state index in [2.05, 4.69) is 33.4 Å². The van der Waals surface area contributed by atoms with Crippen LogP contribution in [0.3, 0.4) is 0 Å². The molecule has 2 aromatic rings. The summed E-state index contributed by atoms with van der Waals surface area (Å²) in [4.78, 5) is 5.01. The molecule has 1 aromatic heterocycles. The molecule has 1 aliphatic heterocycles. The highest BCUT2D eigenvalue weighted by Gasteiger charge is 2.17. The van der Waals surface area contributed by atoms with Crippen LogP contribution in [-0.4, -0.2) is 45.8 Å². The standard InChI is InChI=1S/C20H29FN4/c1-3-9-25-17(2)19(14-22-25)16-24-11-4-10-23(12-13-24)15-18-5-7-20(21)8-6-18/h5-8,14H,3-4,9-13,15-16H2,1-2H3. The smallest absolute Gasteiger partial charge is 0.123 e. The van der Waals surface area contributed by atoms with Crippen molar-refractivity contribution in [3.8, 4) is 0 Å². The predicted molar refractivity (Wildman–Crippen MR) is 98.8 cm³/mol. The lowest BCUT2D eigenvalue weighted by Crippen LogP contribution is -2.30. The first kappa shape index (κ1) is 18.1. The van der Waals surface area contributed by atoms with Crippen molar-refractivity contribution in [3.05, 3.63) is 53.1 Å². The van der Waals surface area contributed by atoms with E-state index in [4.69, 9.17) is 0 Å². The van der Waals surface area contributed by atoms with Crippen molar-refractivity contribution in [2.24, 2.45) is 0 Å². The van der Waals surface area contributed by atoms with Crippen molar-refractivity contribution in [2.75, 3.05) is 26.2 Å². The van der Waals surface area contributed by atoms with Gasteiger partial charge in [-0.1, -0.05) is 19.1 Å². The third kappa shape index (κ3) is 4.89. The first-order chi connectivity index (χ1) is 12.2. The third-order valence-corrected chi connectivity index (χ3v) is 5.03. The molecule has 136 valence electrons. The van der Waals surface area contributed by atoms with Crippen LogP contribution in [-0.2, 0) is 19.6 Å². The van der Waals surface area contributed by atoms with Crippen LogP contribution in [0.4, 0.5) is 4.39 Å². The summed E-state index contributed by atoms with van der Waals surface area (Å²) < 4.78 is 15.2. The average molecular weight is 344 g/mol. The van der Waals surface area contributed by atoms with Crippen molar-refractivity contribution >= 4 is 0 Å². The quantitative estimate of drug-likeness (QED) is 0.802. The molecular weight excluding hydrogens is 315 g/mol. The van der Waals surface area contributed by atoms with Crippen LogP contribution in [0.2, 0.25) is 0 Å². The number of halogens is 1. The normalized spacial score (nSPS) is 16.9. The van der Waals surface area contributed by atoms with Crippen LogP contribution in [0, 0.1) is 12.7 Å². The van der Waals surface area contributed by atoms with Crippen LogP contribution in [0.15, 0.2) is 30.5 Å². The van der Waals surface area contributed by atoms with E-state index < -0.39 is 0 Å². The molecule has 1 fully saturated rings. The van der Waals surface area contributed by atoms with Gasteiger partial charge in [0.15, 0.2) is 0 Å². The molecule has 4 nitrogen and oxygen atoms in total. The molecule has 0 saturated carbocycles. The van der Waals surface area contributed by atoms with Gasteiger partial charge in [0.2, 0.25) is 0 Å². The molecule has 1 aromatic carbocycles. The van der Waals surface area contributed by atoms with Gasteiger partial charge in [0.1, 0.15) is 5.82 Å². The second kappa shape index (κ2) is 8.59. The highest BCUT2D eigenvalue weighted by atomic mass is 19.1. The number of rotatable bonds is 6. The van der Waals surface area contributed by atoms with Gasteiger partial charge >= 0.3 is 0 Å². The largest absolute Gasteiger partial charge is 0.298 e. The summed E-state index contributed by atoms with van der Waals surface area (Å²) in [6, 6.07) is 6.89. The minimum atomic E-state index is -0.162. The van der Waals surface area contributed by atoms with Gasteiger partial charge in [0, 0.05) is 44.0 Å². The molecule has 2 heterocycles. The molecule has 0 radical (unpaired) electrons. The average Bonchev–Trinajstić information content (AvgIpc) is 2.81. The molecule has 5 heteroatoms. The molecule has 0 spiro atoms. The second-order valence-electron chi connectivity index (χ2n) is 7.01. The Morgan fingerprint density at radius 1 is 1.00 bits per heavy atom. The van der Waals surface area contributed by atoms with Crippen molar-refractivity contribution < 1.29 is 4.39 Å². The Labute approximate surface area is 150 Å². The van der Waals surface area contributed by atoms with Gasteiger partial charge in [-0.15, -0.1) is 0 Å². The zero-order chi connectivity index (χ0) is 17.6. The molecule has 0 bridgehead atoms. The summed E-state index contributed by atoms with van der Waals surface area (Å²) >= 11 is 0. The third-order valence-electron chi connectivity index (χ3n) is 5.03. The zero-order valence-corrected chi connectivity index (χ0v) is 15.4. The summed E-state index contributed by atoms with van der Waals surface area (Å²) in [5.41, 5.74) is 3.83. The molecule has 0 atom stereocenters. The summed E-state index contributed by atoms with van der Waals surface area (Å²) in [6.07, 6.45) is 4.32. The zero-order valence-electron chi connectivity index (χ0n) is 15.4. The number of nitrogens with zero attached hydrogens (tertiary/aromatic N) is 4. The summed E-state index contributed by atoms with van der Waals surface area (Å²) in [6.45, 7) is 11.6. The van der Waals surface area contributed by atoms with Crippen molar-refractivity contribution in [2.45, 2.75) is 46.3 Å². The highest BCUT2D eigenvalue weighted by molar-refractivity contribution is 5.17. The van der Waals surface area contributed by atoms with Crippen LogP contribution >= 0.6 is 0 Å². The van der Waals surface area contributed by atoms with Crippen molar-refractivity contribution in [1.29, 1.82) is 0 Å². The summed E-state index contributed by atoms with van der Waals surface area (Å²) in [5, 5.41) is 4.52. The van der Waals surface area contributed by atoms with Crippen LogP contribution in [0.5, 0.6) is 0 Å². The Balaban J connectivity index is 1.53. The number of benzene rings is 1. The molecule has 25 heavy (non-hydrogen) atoms. The van der Waals surface area contributed by atoms with Crippen LogP contribution in [0.1, 0.15) is 36.6 Å². The van der Waals surface area contributed by atoms with E-state index in [1.165, 1.54) is 23.2 Å². The number of aromatic nitrogens is 2. The number of hydrogen-bond acceptors (Lipinski definition) is 3. The van der Waals surface area contributed by atoms with Gasteiger partial charge in [-0.25, -0.2) is 4.39 Å². The Kier molecular flexibility index (Phi) is 6.21. The first-order valence-electron chi connectivity index (χ1n) is 9.36. The minimum absolute atomic E-state index is 0.162. The van der Waals surface area contributed by atoms with Crippen LogP contribution in [0.25, 0.3) is 0 Å². The molecule has 1 saturated heterocycles. The van der Waals surface area contributed by atoms with Gasteiger partial charge < -0.3 is 0 Å². The lowest BCUT2D eigenvalue weighted by molar-refractivity contribution is 0.247. The van der Waals surface area contributed by atoms with Gasteiger partial charge in [-0.05, 0) is 50.6 Å². The Bertz CT molecular complexity index is 665. The second-order valence-corrected chi connectivity index (χ2v) is 7.01. The SMILES string of the molecule is CCCn1ncc(CN2CCCN(Cc3ccc(F)cc3)CC2)c1C. The Morgan fingerprint density at radius 3 is 2.36 bits per heavy atom. The van der Waals surface area contributed by atoms with Crippen molar-refractivity contribution in [3.63, 3.8) is 0 Å². The van der Waals surface area contributed by atoms with E-state index >= 15 is 0 Å². The maximum Gasteiger partial charge on any atom is 0.123 e. The fourth-order valence-corrected chi connectivity index (χ4v) is 3.51. The molecule has 0 unspecified atom stereocenters. The Morgan fingerprint density at radius 2 is 1.68 bits per heavy atom. The topological polar surface area (TPSA) is 24.3 Å². The highest BCUT2D eigenvalue weighted by Crippen LogP contribution is 2.15. The van der Waals surface area contributed by atoms with E-state index in [1.54, 1.807) is 12.1 Å². The Hall–Kier alpha value is -1.72. The molecular formula is C20H29FN4. The van der Waals surface area contributed by atoms with E-state index in [1.807, 2.05) is 18.3 Å². The molecule has 0 aliphatic carbocycles. The van der Waals surface area contributed by atoms with Gasteiger partial charge in [-0.2, -0.15) is 5.10 Å². The molecule has 3 rings (SSSR count). The molecule has 1 aliphatic rings. The number of hydrogen-bond donors (Lipinski definition) is 0. The van der Waals surface area contributed by atoms with Crippen LogP contribution < -0.4 is 0 Å². The monoisotopic (exact) mass is 344 g/mol. The molecule has 0 N–H and O–H groups in total. The van der Waals surface area contributed by atoms with E-state index in [0.717, 1.165) is 52.2 Å². The number of aryl methyl sites for hydroxylation is 1. The van der Waals surface area contributed by atoms with Gasteiger partial charge in [0.05, 0.1) is 6.20 Å². The fraction of sp³-hybridized carbons (Fsp3) is 0.550. The van der Waals surface area contributed by atoms with Gasteiger partial charge in [-0.3, -0.25) is 14.5 Å². The summed E-state index contributed by atoms with van der Waals surface area (Å²) in [5.74, 6) is -0.162. The minimum Gasteiger partial charge on any atom is -0.298 e. The lowest BCUT2D eigenvalue weighted by Gasteiger charge is -2.22. The lowest BCUT2D eigenvalue weighted by atomic mass is 10.2. The maximum atomic E-state index is 13.0. The van der Waals surface area contributed by atoms with Gasteiger partial charge in [0.25, 0.3) is 0 Å². The maximum absolute atomic E-state index is 13.0. The fourth-order valence-electron chi connectivity index (χ4n) is 3.51. The van der Waals surface area contributed by atoms with E-state index in [-0.39, 0.29) is 5.82 Å². The van der Waals surface area contributed by atoms with Crippen molar-refractivity contribution in [1.82, 2.24) is 19.6 Å². The van der Waals surface area contributed by atoms with E-state index in [9.17, 15) is 4.39 Å². The summed E-state index contributed by atoms with van der Waals surface area (Å²) in [7, 11) is 0. The predicted octanol–water partition coefficient (Wildman–Crippen LogP) is 3.45.